The molecular weight excluding hydrogens is 506 g/mol. The molecule has 0 saturated carbocycles. The summed E-state index contributed by atoms with van der Waals surface area (Å²) in [6.45, 7) is 1.81. The van der Waals surface area contributed by atoms with Crippen LogP contribution in [-0.2, 0) is 29.5 Å². The van der Waals surface area contributed by atoms with Crippen LogP contribution in [0.15, 0.2) is 53.1 Å². The third-order valence-electron chi connectivity index (χ3n) is 5.69. The fourth-order valence-corrected chi connectivity index (χ4v) is 5.78. The number of carbonyl (C=O) groups excluding carboxylic acids is 1. The second kappa shape index (κ2) is 10.5. The Hall–Kier alpha value is -3.06. The average Bonchev–Trinajstić information content (AvgIpc) is 3.45. The molecule has 1 amide bonds. The van der Waals surface area contributed by atoms with Gasteiger partial charge >= 0.3 is 0 Å². The van der Waals surface area contributed by atoms with Crippen LogP contribution in [0.3, 0.4) is 0 Å². The zero-order valence-electron chi connectivity index (χ0n) is 20.1. The summed E-state index contributed by atoms with van der Waals surface area (Å²) in [5.74, 6) is 0.362. The van der Waals surface area contributed by atoms with Gasteiger partial charge in [0.25, 0.3) is 0 Å². The van der Waals surface area contributed by atoms with Crippen molar-refractivity contribution in [3.8, 4) is 5.88 Å². The maximum Gasteiger partial charge on any atom is 0.248 e. The fraction of sp³-hybridized carbons (Fsp3) is 0.375. The van der Waals surface area contributed by atoms with E-state index >= 15 is 0 Å². The zero-order chi connectivity index (χ0) is 25.9. The predicted octanol–water partition coefficient (Wildman–Crippen LogP) is 2.68. The number of nitrogens with zero attached hydrogens (tertiary/aromatic N) is 2. The number of sulfone groups is 1. The number of fused-ring (bicyclic) bond motifs is 1. The number of ether oxygens (including phenoxy) is 3. The number of nitrogens with one attached hydrogen (secondary N) is 1. The van der Waals surface area contributed by atoms with Gasteiger partial charge in [0.05, 0.1) is 24.4 Å². The lowest BCUT2D eigenvalue weighted by atomic mass is 9.92. The number of aliphatic hydroxyl groups excluding tert-OH is 1. The van der Waals surface area contributed by atoms with Crippen molar-refractivity contribution in [2.45, 2.75) is 29.8 Å². The highest BCUT2D eigenvalue weighted by molar-refractivity contribution is 7.91. The Morgan fingerprint density at radius 2 is 1.92 bits per heavy atom. The highest BCUT2D eigenvalue weighted by Gasteiger charge is 2.55. The molecule has 0 bridgehead atoms. The van der Waals surface area contributed by atoms with Gasteiger partial charge in [-0.25, -0.2) is 18.4 Å². The quantitative estimate of drug-likeness (QED) is 0.337. The van der Waals surface area contributed by atoms with E-state index in [0.717, 1.165) is 0 Å². The number of hydrogen-bond acceptors (Lipinski definition) is 10. The van der Waals surface area contributed by atoms with Gasteiger partial charge in [-0.05, 0) is 43.2 Å². The normalized spacial score (nSPS) is 17.9. The first-order valence-electron chi connectivity index (χ1n) is 11.2. The van der Waals surface area contributed by atoms with Gasteiger partial charge in [-0.2, -0.15) is 0 Å². The van der Waals surface area contributed by atoms with Gasteiger partial charge < -0.3 is 24.6 Å². The van der Waals surface area contributed by atoms with Gasteiger partial charge in [-0.15, -0.1) is 0 Å². The minimum atomic E-state index is -3.49. The van der Waals surface area contributed by atoms with E-state index in [1.807, 2.05) is 0 Å². The summed E-state index contributed by atoms with van der Waals surface area (Å²) in [7, 11) is -0.447. The summed E-state index contributed by atoms with van der Waals surface area (Å²) in [6, 6.07) is 9.61. The molecule has 2 heterocycles. The van der Waals surface area contributed by atoms with Gasteiger partial charge in [0.2, 0.25) is 11.8 Å². The van der Waals surface area contributed by atoms with Gasteiger partial charge in [0.1, 0.15) is 22.2 Å². The zero-order valence-corrected chi connectivity index (χ0v) is 21.7. The van der Waals surface area contributed by atoms with Crippen molar-refractivity contribution in [2.75, 3.05) is 38.5 Å². The first kappa shape index (κ1) is 26.0. The van der Waals surface area contributed by atoms with Crippen LogP contribution in [0.2, 0.25) is 0 Å². The van der Waals surface area contributed by atoms with Gasteiger partial charge in [-0.3, -0.25) is 4.79 Å². The van der Waals surface area contributed by atoms with Gasteiger partial charge in [0, 0.05) is 19.8 Å². The van der Waals surface area contributed by atoms with Crippen LogP contribution in [-0.4, -0.2) is 68.7 Å². The molecule has 12 heteroatoms. The lowest BCUT2D eigenvalue weighted by Gasteiger charge is -2.20. The molecule has 1 aromatic carbocycles. The molecule has 1 aliphatic rings. The number of thiazole rings is 1. The van der Waals surface area contributed by atoms with Crippen molar-refractivity contribution in [2.24, 2.45) is 0 Å². The van der Waals surface area contributed by atoms with Crippen LogP contribution in [0, 0.1) is 0 Å². The number of hydrogen-bond donors (Lipinski definition) is 2. The van der Waals surface area contributed by atoms with Crippen molar-refractivity contribution in [1.82, 2.24) is 9.97 Å². The molecule has 10 nitrogen and oxygen atoms in total. The number of amides is 1. The minimum absolute atomic E-state index is 0.0388. The Bertz CT molecular complexity index is 1390. The molecule has 0 spiro atoms. The minimum Gasteiger partial charge on any atom is -0.491 e. The number of carbonyl (C=O) groups is 1. The summed E-state index contributed by atoms with van der Waals surface area (Å²) >= 11 is 1.20. The van der Waals surface area contributed by atoms with Crippen LogP contribution in [0.25, 0.3) is 10.3 Å². The van der Waals surface area contributed by atoms with E-state index in [9.17, 15) is 18.3 Å². The first-order chi connectivity index (χ1) is 17.2. The Labute approximate surface area is 212 Å². The maximum atomic E-state index is 13.5. The number of benzene rings is 1. The first-order valence-corrected chi connectivity index (χ1v) is 13.7. The van der Waals surface area contributed by atoms with Crippen molar-refractivity contribution in [1.29, 1.82) is 0 Å². The highest BCUT2D eigenvalue weighted by Crippen LogP contribution is 2.49. The summed E-state index contributed by atoms with van der Waals surface area (Å²) in [6.07, 6.45) is 1.50. The molecule has 1 aliphatic carbocycles. The third kappa shape index (κ3) is 5.21. The number of anilines is 1. The third-order valence-corrected chi connectivity index (χ3v) is 8.38. The molecule has 36 heavy (non-hydrogen) atoms. The molecule has 192 valence electrons. The summed E-state index contributed by atoms with van der Waals surface area (Å²) in [5, 5.41) is 12.6. The standard InChI is InChI=1S/C24H27N3O7S2/c1-15(14-28)34-19-13-24(19,16-5-7-17(8-6-16)36(30,31)12-4-11-32-2)22(29)27-23-25-18-9-10-20(33-3)26-21(18)35-23/h5-10,13,15,28H,4,11-12,14H2,1-3H3,(H,25,27,29)/t15-,24?/m1/s1. The Kier molecular flexibility index (Phi) is 7.59. The molecule has 2 aromatic heterocycles. The largest absolute Gasteiger partial charge is 0.491 e. The van der Waals surface area contributed by atoms with Gasteiger partial charge in [0.15, 0.2) is 20.4 Å². The lowest BCUT2D eigenvalue weighted by molar-refractivity contribution is -0.118. The van der Waals surface area contributed by atoms with Gasteiger partial charge in [-0.1, -0.05) is 23.5 Å². The van der Waals surface area contributed by atoms with Crippen LogP contribution in [0.4, 0.5) is 5.13 Å². The smallest absolute Gasteiger partial charge is 0.248 e. The number of rotatable bonds is 12. The summed E-state index contributed by atoms with van der Waals surface area (Å²) in [5.41, 5.74) is -0.0933. The molecule has 2 atom stereocenters. The number of methoxy groups -OCH3 is 2. The van der Waals surface area contributed by atoms with Crippen LogP contribution >= 0.6 is 11.3 Å². The van der Waals surface area contributed by atoms with Crippen LogP contribution < -0.4 is 10.1 Å². The Balaban J connectivity index is 1.59. The predicted molar refractivity (Wildman–Crippen MR) is 135 cm³/mol. The number of aliphatic hydroxyl groups is 1. The SMILES string of the molecule is COCCCS(=O)(=O)c1ccc(C2(C(=O)Nc3nc4ccc(OC)nc4s3)C=C2O[C@H](C)CO)cc1. The van der Waals surface area contributed by atoms with Crippen molar-refractivity contribution in [3.63, 3.8) is 0 Å². The Morgan fingerprint density at radius 3 is 2.58 bits per heavy atom. The van der Waals surface area contributed by atoms with E-state index in [1.54, 1.807) is 37.3 Å². The molecule has 0 fully saturated rings. The molecule has 2 N–H and O–H groups in total. The summed E-state index contributed by atoms with van der Waals surface area (Å²) in [4.78, 5) is 23.0. The molecule has 1 unspecified atom stereocenters. The molecule has 4 rings (SSSR count). The van der Waals surface area contributed by atoms with E-state index in [0.29, 0.717) is 45.7 Å². The van der Waals surface area contributed by atoms with E-state index in [2.05, 4.69) is 15.3 Å². The molecule has 3 aromatic rings. The lowest BCUT2D eigenvalue weighted by Crippen LogP contribution is -2.32. The van der Waals surface area contributed by atoms with Crippen LogP contribution in [0.5, 0.6) is 5.88 Å². The number of pyridine rings is 1. The average molecular weight is 534 g/mol. The molecular formula is C24H27N3O7S2. The van der Waals surface area contributed by atoms with E-state index in [1.165, 1.54) is 37.7 Å². The van der Waals surface area contributed by atoms with Crippen molar-refractivity contribution < 1.29 is 32.5 Å². The second-order valence-corrected chi connectivity index (χ2v) is 11.4. The monoisotopic (exact) mass is 533 g/mol. The Morgan fingerprint density at radius 1 is 1.17 bits per heavy atom. The van der Waals surface area contributed by atoms with Crippen molar-refractivity contribution >= 4 is 42.6 Å². The molecule has 0 radical (unpaired) electrons. The molecule has 0 saturated heterocycles. The van der Waals surface area contributed by atoms with E-state index in [4.69, 9.17) is 14.2 Å². The van der Waals surface area contributed by atoms with E-state index in [-0.39, 0.29) is 17.3 Å². The topological polar surface area (TPSA) is 137 Å². The molecule has 0 aliphatic heterocycles. The summed E-state index contributed by atoms with van der Waals surface area (Å²) < 4.78 is 41.1. The van der Waals surface area contributed by atoms with Crippen molar-refractivity contribution in [3.05, 3.63) is 53.8 Å². The second-order valence-electron chi connectivity index (χ2n) is 8.27. The maximum absolute atomic E-state index is 13.5. The van der Waals surface area contributed by atoms with Crippen LogP contribution in [0.1, 0.15) is 18.9 Å². The van der Waals surface area contributed by atoms with E-state index < -0.39 is 27.3 Å². The highest BCUT2D eigenvalue weighted by atomic mass is 32.2. The number of aromatic nitrogens is 2. The fourth-order valence-electron chi connectivity index (χ4n) is 3.67.